The molecule has 4 unspecified atom stereocenters. The van der Waals surface area contributed by atoms with Crippen LogP contribution in [0.1, 0.15) is 59.3 Å². The Kier molecular flexibility index (Phi) is 11.6. The first-order chi connectivity index (χ1) is 22.7. The Balaban J connectivity index is 1.93. The molecule has 266 valence electrons. The van der Waals surface area contributed by atoms with Crippen molar-refractivity contribution in [2.24, 2.45) is 5.92 Å². The fourth-order valence-electron chi connectivity index (χ4n) is 6.51. The third kappa shape index (κ3) is 7.39. The summed E-state index contributed by atoms with van der Waals surface area (Å²) in [7, 11) is 2.27. The lowest BCUT2D eigenvalue weighted by molar-refractivity contribution is -0.807. The van der Waals surface area contributed by atoms with Crippen LogP contribution in [0, 0.1) is 12.8 Å². The number of rotatable bonds is 11. The smallest absolute Gasteiger partial charge is 0.440 e. The fraction of sp³-hybridized carbons (Fsp3) is 0.412. The first kappa shape index (κ1) is 39.1. The summed E-state index contributed by atoms with van der Waals surface area (Å²) in [6.07, 6.45) is -7.54. The maximum Gasteiger partial charge on any atom is 0.440 e. The average molecular weight is 772 g/mol. The Morgan fingerprint density at radius 2 is 1.51 bits per heavy atom. The Morgan fingerprint density at radius 1 is 0.959 bits per heavy atom. The number of halogens is 9. The number of aliphatic hydroxyl groups excluding tert-OH is 1. The lowest BCUT2D eigenvalue weighted by Crippen LogP contribution is -2.53. The van der Waals surface area contributed by atoms with Crippen LogP contribution in [0.2, 0.25) is 20.1 Å². The van der Waals surface area contributed by atoms with E-state index < -0.39 is 59.8 Å². The second-order valence-corrected chi connectivity index (χ2v) is 13.6. The van der Waals surface area contributed by atoms with Gasteiger partial charge in [0.1, 0.15) is 5.92 Å². The van der Waals surface area contributed by atoms with E-state index in [9.17, 15) is 9.90 Å². The Hall–Kier alpha value is -2.67. The van der Waals surface area contributed by atoms with Crippen molar-refractivity contribution in [3.05, 3.63) is 103 Å². The van der Waals surface area contributed by atoms with Crippen molar-refractivity contribution < 1.29 is 50.9 Å². The molecule has 49 heavy (non-hydrogen) atoms. The number of hydroxylamine groups is 1. The summed E-state index contributed by atoms with van der Waals surface area (Å²) in [5, 5.41) is 11.1. The number of esters is 1. The van der Waals surface area contributed by atoms with Crippen LogP contribution in [0.4, 0.5) is 22.0 Å². The third-order valence-corrected chi connectivity index (χ3v) is 9.53. The number of hydrogen-bond donors (Lipinski definition) is 1. The van der Waals surface area contributed by atoms with E-state index in [1.165, 1.54) is 56.5 Å². The van der Waals surface area contributed by atoms with Crippen molar-refractivity contribution in [3.8, 4) is 0 Å². The van der Waals surface area contributed by atoms with Crippen LogP contribution in [-0.4, -0.2) is 60.5 Å². The standard InChI is InChI=1S/C34H33Cl4F5NO5/c1-18-11-20(7-8-27(18)30(46)47-4)29-28(19(2)45)33(34(41,42)43,22-14-25(37)17-26(38)15-22)49-44(29)10-6-9-32(48-5,31(3,39)40)21-12-23(35)16-24(36)13-21/h7-8,11-17,19,28,45H,6,9-10H2,1-5H3/q+1. The van der Waals surface area contributed by atoms with E-state index in [0.717, 1.165) is 24.0 Å². The summed E-state index contributed by atoms with van der Waals surface area (Å²) < 4.78 is 88.9. The lowest BCUT2D eigenvalue weighted by Gasteiger charge is -2.38. The van der Waals surface area contributed by atoms with E-state index in [4.69, 9.17) is 60.7 Å². The van der Waals surface area contributed by atoms with E-state index in [1.54, 1.807) is 6.92 Å². The second kappa shape index (κ2) is 14.5. The first-order valence-corrected chi connectivity index (χ1v) is 16.4. The number of aliphatic hydroxyl groups is 1. The molecular formula is C34H33Cl4F5NO5+. The number of hydrogen-bond acceptors (Lipinski definition) is 5. The van der Waals surface area contributed by atoms with E-state index in [1.807, 2.05) is 0 Å². The molecule has 0 saturated carbocycles. The van der Waals surface area contributed by atoms with Crippen LogP contribution in [0.5, 0.6) is 0 Å². The molecule has 1 heterocycles. The number of alkyl halides is 5. The van der Waals surface area contributed by atoms with Gasteiger partial charge in [-0.25, -0.2) is 13.6 Å². The zero-order valence-electron chi connectivity index (χ0n) is 26.9. The number of methoxy groups -OCH3 is 2. The molecule has 4 atom stereocenters. The van der Waals surface area contributed by atoms with Crippen molar-refractivity contribution in [2.45, 2.75) is 63.0 Å². The number of ether oxygens (including phenoxy) is 2. The van der Waals surface area contributed by atoms with Crippen LogP contribution < -0.4 is 0 Å². The highest BCUT2D eigenvalue weighted by Gasteiger charge is 2.74. The van der Waals surface area contributed by atoms with E-state index in [-0.39, 0.29) is 48.9 Å². The van der Waals surface area contributed by atoms with Crippen molar-refractivity contribution in [3.63, 3.8) is 0 Å². The second-order valence-electron chi connectivity index (χ2n) is 11.9. The number of carbonyl (C=O) groups excluding carboxylic acids is 1. The predicted octanol–water partition coefficient (Wildman–Crippen LogP) is 9.57. The van der Waals surface area contributed by atoms with Gasteiger partial charge in [-0.2, -0.15) is 13.2 Å². The molecule has 0 aliphatic carbocycles. The fourth-order valence-corrected chi connectivity index (χ4v) is 7.57. The molecule has 1 N–H and O–H groups in total. The molecule has 0 aromatic heterocycles. The molecule has 1 aliphatic rings. The Morgan fingerprint density at radius 3 is 1.96 bits per heavy atom. The minimum Gasteiger partial charge on any atom is -0.465 e. The van der Waals surface area contributed by atoms with Gasteiger partial charge in [0, 0.05) is 51.7 Å². The van der Waals surface area contributed by atoms with Gasteiger partial charge in [0.15, 0.2) is 12.1 Å². The number of carbonyl (C=O) groups is 1. The molecule has 0 saturated heterocycles. The molecule has 0 bridgehead atoms. The maximum absolute atomic E-state index is 15.6. The van der Waals surface area contributed by atoms with E-state index in [0.29, 0.717) is 12.5 Å². The quantitative estimate of drug-likeness (QED) is 0.120. The highest BCUT2D eigenvalue weighted by molar-refractivity contribution is 6.35. The highest BCUT2D eigenvalue weighted by atomic mass is 35.5. The molecule has 0 radical (unpaired) electrons. The van der Waals surface area contributed by atoms with Crippen molar-refractivity contribution in [1.82, 2.24) is 0 Å². The van der Waals surface area contributed by atoms with Crippen LogP contribution in [0.25, 0.3) is 0 Å². The van der Waals surface area contributed by atoms with Gasteiger partial charge in [0.2, 0.25) is 5.71 Å². The normalized spacial score (nSPS) is 20.2. The molecule has 1 aliphatic heterocycles. The summed E-state index contributed by atoms with van der Waals surface area (Å²) in [6, 6.07) is 11.5. The molecule has 6 nitrogen and oxygen atoms in total. The van der Waals surface area contributed by atoms with Crippen molar-refractivity contribution in [1.29, 1.82) is 0 Å². The van der Waals surface area contributed by atoms with Gasteiger partial charge in [-0.05, 0) is 90.7 Å². The maximum atomic E-state index is 15.6. The number of benzene rings is 3. The number of nitrogens with zero attached hydrogens (tertiary/aromatic N) is 1. The van der Waals surface area contributed by atoms with Gasteiger partial charge in [0.25, 0.3) is 5.92 Å². The van der Waals surface area contributed by atoms with Crippen LogP contribution in [0.15, 0.2) is 54.6 Å². The minimum absolute atomic E-state index is 0.0411. The zero-order valence-corrected chi connectivity index (χ0v) is 29.9. The molecule has 0 amide bonds. The van der Waals surface area contributed by atoms with Gasteiger partial charge < -0.3 is 14.6 Å². The Bertz CT molecular complexity index is 1720. The number of aryl methyl sites for hydroxylation is 1. The SMILES string of the molecule is COC(=O)c1ccc(C2=[N+](CCCC(OC)(c3cc(Cl)cc(Cl)c3)C(C)(F)F)OC(c3cc(Cl)cc(Cl)c3)(C(F)(F)F)C2C(C)O)cc1C. The summed E-state index contributed by atoms with van der Waals surface area (Å²) in [5.41, 5.74) is -5.52. The summed E-state index contributed by atoms with van der Waals surface area (Å²) in [4.78, 5) is 18.2. The summed E-state index contributed by atoms with van der Waals surface area (Å²) >= 11 is 24.6. The van der Waals surface area contributed by atoms with Crippen LogP contribution in [0.3, 0.4) is 0 Å². The third-order valence-electron chi connectivity index (χ3n) is 8.65. The van der Waals surface area contributed by atoms with Gasteiger partial charge in [0.05, 0.1) is 18.8 Å². The van der Waals surface area contributed by atoms with Gasteiger partial charge in [-0.15, -0.1) is 0 Å². The Labute approximate surface area is 300 Å². The lowest BCUT2D eigenvalue weighted by atomic mass is 9.74. The first-order valence-electron chi connectivity index (χ1n) is 14.9. The molecule has 4 rings (SSSR count). The average Bonchev–Trinajstić information content (AvgIpc) is 3.34. The van der Waals surface area contributed by atoms with Crippen molar-refractivity contribution in [2.75, 3.05) is 20.8 Å². The summed E-state index contributed by atoms with van der Waals surface area (Å²) in [6.45, 7) is 3.00. The zero-order chi connectivity index (χ0) is 36.7. The summed E-state index contributed by atoms with van der Waals surface area (Å²) in [5.74, 6) is -6.03. The predicted molar refractivity (Wildman–Crippen MR) is 177 cm³/mol. The van der Waals surface area contributed by atoms with Gasteiger partial charge in [-0.3, -0.25) is 4.84 Å². The highest BCUT2D eigenvalue weighted by Crippen LogP contribution is 2.54. The van der Waals surface area contributed by atoms with Crippen molar-refractivity contribution >= 4 is 58.1 Å². The molecule has 3 aromatic carbocycles. The van der Waals surface area contributed by atoms with Gasteiger partial charge >= 0.3 is 17.7 Å². The van der Waals surface area contributed by atoms with Crippen LogP contribution >= 0.6 is 46.4 Å². The monoisotopic (exact) mass is 770 g/mol. The largest absolute Gasteiger partial charge is 0.465 e. The van der Waals surface area contributed by atoms with E-state index in [2.05, 4.69) is 0 Å². The van der Waals surface area contributed by atoms with E-state index >= 15 is 22.0 Å². The van der Waals surface area contributed by atoms with Crippen LogP contribution in [-0.2, 0) is 25.5 Å². The molecule has 15 heteroatoms. The molecule has 0 fully saturated rings. The molecular weight excluding hydrogens is 739 g/mol. The topological polar surface area (TPSA) is 68.0 Å². The van der Waals surface area contributed by atoms with Gasteiger partial charge in [-0.1, -0.05) is 46.4 Å². The molecule has 3 aromatic rings. The molecule has 0 spiro atoms. The minimum atomic E-state index is -5.19.